The number of aryl methyl sites for hydroxylation is 1. The number of rotatable bonds is 3. The Bertz CT molecular complexity index is 1210. The average Bonchev–Trinajstić information content (AvgIpc) is 2.92. The third-order valence-corrected chi connectivity index (χ3v) is 4.55. The first-order valence-electron chi connectivity index (χ1n) is 7.92. The zero-order valence-electron chi connectivity index (χ0n) is 13.8. The fourth-order valence-electron chi connectivity index (χ4n) is 2.84. The van der Waals surface area contributed by atoms with Gasteiger partial charge >= 0.3 is 5.69 Å². The molecule has 0 radical (unpaired) electrons. The Kier molecular flexibility index (Phi) is 4.04. The second-order valence-electron chi connectivity index (χ2n) is 5.91. The number of nitrogens with one attached hydrogen (secondary N) is 1. The Balaban J connectivity index is 1.70. The number of hydrogen-bond donors (Lipinski definition) is 1. The molecule has 0 saturated carbocycles. The Morgan fingerprint density at radius 2 is 2.04 bits per heavy atom. The molecule has 4 rings (SSSR count). The summed E-state index contributed by atoms with van der Waals surface area (Å²) >= 11 is 3.35. The first-order valence-corrected chi connectivity index (χ1v) is 8.71. The van der Waals surface area contributed by atoms with Gasteiger partial charge in [-0.1, -0.05) is 34.1 Å². The van der Waals surface area contributed by atoms with Crippen molar-refractivity contribution in [1.82, 2.24) is 19.2 Å². The fraction of sp³-hybridized carbons (Fsp3) is 0.111. The van der Waals surface area contributed by atoms with Crippen LogP contribution in [0.3, 0.4) is 0 Å². The maximum absolute atomic E-state index is 12.5. The standard InChI is InChI=1S/C18H14BrN5O2/c1-11-4-2-7-14-16(11)20-10-23-17(14)22-24(18(23)26)9-15(25)21-13-6-3-5-12(19)8-13/h2-8,10H,9H2,1H3,(H,21,25). The number of nitrogens with zero attached hydrogens (tertiary/aromatic N) is 4. The van der Waals surface area contributed by atoms with Gasteiger partial charge < -0.3 is 5.32 Å². The van der Waals surface area contributed by atoms with E-state index in [1.807, 2.05) is 37.3 Å². The van der Waals surface area contributed by atoms with E-state index in [2.05, 4.69) is 31.3 Å². The Morgan fingerprint density at radius 3 is 2.85 bits per heavy atom. The minimum Gasteiger partial charge on any atom is -0.324 e. The van der Waals surface area contributed by atoms with E-state index in [1.165, 1.54) is 10.7 Å². The zero-order chi connectivity index (χ0) is 18.3. The molecule has 8 heteroatoms. The highest BCUT2D eigenvalue weighted by atomic mass is 79.9. The van der Waals surface area contributed by atoms with Crippen LogP contribution in [0.5, 0.6) is 0 Å². The molecule has 0 atom stereocenters. The van der Waals surface area contributed by atoms with Crippen molar-refractivity contribution in [3.8, 4) is 0 Å². The van der Waals surface area contributed by atoms with Gasteiger partial charge in [0, 0.05) is 15.5 Å². The van der Waals surface area contributed by atoms with Crippen molar-refractivity contribution < 1.29 is 4.79 Å². The highest BCUT2D eigenvalue weighted by Gasteiger charge is 2.14. The molecule has 0 bridgehead atoms. The van der Waals surface area contributed by atoms with Crippen molar-refractivity contribution in [3.05, 3.63) is 69.3 Å². The van der Waals surface area contributed by atoms with Gasteiger partial charge in [0.05, 0.1) is 5.52 Å². The molecule has 130 valence electrons. The topological polar surface area (TPSA) is 81.3 Å². The smallest absolute Gasteiger partial charge is 0.324 e. The van der Waals surface area contributed by atoms with Gasteiger partial charge in [-0.3, -0.25) is 4.79 Å². The molecule has 0 aliphatic heterocycles. The Hall–Kier alpha value is -3.00. The summed E-state index contributed by atoms with van der Waals surface area (Å²) in [6.45, 7) is 1.77. The second-order valence-corrected chi connectivity index (χ2v) is 6.82. The largest absolute Gasteiger partial charge is 0.352 e. The molecule has 1 N–H and O–H groups in total. The Labute approximate surface area is 156 Å². The van der Waals surface area contributed by atoms with E-state index < -0.39 is 5.69 Å². The average molecular weight is 412 g/mol. The minimum atomic E-state index is -0.403. The SMILES string of the molecule is Cc1cccc2c1ncn1c(=O)n(CC(=O)Nc3cccc(Br)c3)nc21. The van der Waals surface area contributed by atoms with Gasteiger partial charge in [0.2, 0.25) is 5.91 Å². The number of para-hydroxylation sites is 1. The van der Waals surface area contributed by atoms with E-state index in [4.69, 9.17) is 0 Å². The first-order chi connectivity index (χ1) is 12.5. The molecule has 7 nitrogen and oxygen atoms in total. The molecule has 2 aromatic heterocycles. The van der Waals surface area contributed by atoms with Crippen molar-refractivity contribution >= 4 is 44.1 Å². The lowest BCUT2D eigenvalue weighted by Gasteiger charge is -2.04. The van der Waals surface area contributed by atoms with Gasteiger partial charge in [-0.15, -0.1) is 5.10 Å². The maximum Gasteiger partial charge on any atom is 0.352 e. The minimum absolute atomic E-state index is 0.180. The molecule has 0 fully saturated rings. The normalized spacial score (nSPS) is 11.2. The lowest BCUT2D eigenvalue weighted by molar-refractivity contribution is -0.117. The lowest BCUT2D eigenvalue weighted by atomic mass is 10.1. The summed E-state index contributed by atoms with van der Waals surface area (Å²) in [6.07, 6.45) is 1.45. The summed E-state index contributed by atoms with van der Waals surface area (Å²) in [5, 5.41) is 7.87. The number of amides is 1. The molecule has 0 unspecified atom stereocenters. The molecule has 0 saturated heterocycles. The zero-order valence-corrected chi connectivity index (χ0v) is 15.4. The molecule has 1 amide bonds. The van der Waals surface area contributed by atoms with Crippen molar-refractivity contribution in [1.29, 1.82) is 0 Å². The van der Waals surface area contributed by atoms with E-state index in [9.17, 15) is 9.59 Å². The van der Waals surface area contributed by atoms with Gasteiger partial charge in [-0.05, 0) is 36.8 Å². The molecule has 0 spiro atoms. The van der Waals surface area contributed by atoms with Crippen molar-refractivity contribution in [3.63, 3.8) is 0 Å². The summed E-state index contributed by atoms with van der Waals surface area (Å²) in [5.74, 6) is -0.331. The third-order valence-electron chi connectivity index (χ3n) is 4.05. The van der Waals surface area contributed by atoms with Crippen LogP contribution in [0, 0.1) is 6.92 Å². The summed E-state index contributed by atoms with van der Waals surface area (Å²) in [4.78, 5) is 29.2. The van der Waals surface area contributed by atoms with Crippen LogP contribution in [0.15, 0.2) is 58.1 Å². The highest BCUT2D eigenvalue weighted by molar-refractivity contribution is 9.10. The van der Waals surface area contributed by atoms with Crippen LogP contribution in [0.4, 0.5) is 5.69 Å². The fourth-order valence-corrected chi connectivity index (χ4v) is 3.24. The van der Waals surface area contributed by atoms with Crippen LogP contribution >= 0.6 is 15.9 Å². The predicted octanol–water partition coefficient (Wildman–Crippen LogP) is 2.75. The monoisotopic (exact) mass is 411 g/mol. The van der Waals surface area contributed by atoms with Gasteiger partial charge in [0.1, 0.15) is 12.9 Å². The van der Waals surface area contributed by atoms with Crippen LogP contribution < -0.4 is 11.0 Å². The summed E-state index contributed by atoms with van der Waals surface area (Å²) < 4.78 is 3.35. The van der Waals surface area contributed by atoms with E-state index in [1.54, 1.807) is 12.1 Å². The molecule has 2 aromatic carbocycles. The number of anilines is 1. The van der Waals surface area contributed by atoms with Crippen LogP contribution in [0.2, 0.25) is 0 Å². The van der Waals surface area contributed by atoms with E-state index in [0.29, 0.717) is 11.3 Å². The summed E-state index contributed by atoms with van der Waals surface area (Å²) in [6, 6.07) is 12.9. The van der Waals surface area contributed by atoms with Crippen LogP contribution in [-0.4, -0.2) is 25.1 Å². The molecular weight excluding hydrogens is 398 g/mol. The van der Waals surface area contributed by atoms with Gasteiger partial charge in [-0.25, -0.2) is 18.9 Å². The van der Waals surface area contributed by atoms with Gasteiger partial charge in [-0.2, -0.15) is 0 Å². The van der Waals surface area contributed by atoms with Crippen molar-refractivity contribution in [2.75, 3.05) is 5.32 Å². The van der Waals surface area contributed by atoms with Gasteiger partial charge in [0.15, 0.2) is 5.65 Å². The second kappa shape index (κ2) is 6.38. The van der Waals surface area contributed by atoms with E-state index >= 15 is 0 Å². The highest BCUT2D eigenvalue weighted by Crippen LogP contribution is 2.18. The van der Waals surface area contributed by atoms with Gasteiger partial charge in [0.25, 0.3) is 0 Å². The quantitative estimate of drug-likeness (QED) is 0.561. The van der Waals surface area contributed by atoms with Crippen molar-refractivity contribution in [2.24, 2.45) is 0 Å². The number of aromatic nitrogens is 4. The molecule has 26 heavy (non-hydrogen) atoms. The lowest BCUT2D eigenvalue weighted by Crippen LogP contribution is -2.28. The first kappa shape index (κ1) is 16.5. The summed E-state index contributed by atoms with van der Waals surface area (Å²) in [7, 11) is 0. The predicted molar refractivity (Wildman–Crippen MR) is 102 cm³/mol. The van der Waals surface area contributed by atoms with Crippen LogP contribution in [0.25, 0.3) is 16.6 Å². The number of carbonyl (C=O) groups is 1. The van der Waals surface area contributed by atoms with Crippen LogP contribution in [0.1, 0.15) is 5.56 Å². The molecule has 0 aliphatic rings. The van der Waals surface area contributed by atoms with E-state index in [0.717, 1.165) is 25.6 Å². The number of halogens is 1. The maximum atomic E-state index is 12.5. The molecule has 0 aliphatic carbocycles. The number of benzene rings is 2. The number of hydrogen-bond acceptors (Lipinski definition) is 4. The molecule has 4 aromatic rings. The third kappa shape index (κ3) is 2.88. The number of carbonyl (C=O) groups excluding carboxylic acids is 1. The van der Waals surface area contributed by atoms with Crippen LogP contribution in [-0.2, 0) is 11.3 Å². The molecular formula is C18H14BrN5O2. The van der Waals surface area contributed by atoms with E-state index in [-0.39, 0.29) is 12.5 Å². The number of fused-ring (bicyclic) bond motifs is 3. The Morgan fingerprint density at radius 1 is 1.23 bits per heavy atom. The molecule has 2 heterocycles. The van der Waals surface area contributed by atoms with Crippen molar-refractivity contribution in [2.45, 2.75) is 13.5 Å². The summed E-state index contributed by atoms with van der Waals surface area (Å²) in [5.41, 5.74) is 2.51.